The third-order valence-electron chi connectivity index (χ3n) is 3.19. The summed E-state index contributed by atoms with van der Waals surface area (Å²) >= 11 is 12.1. The second-order valence-corrected chi connectivity index (χ2v) is 6.77. The highest BCUT2D eigenvalue weighted by Gasteiger charge is 2.40. The average molecular weight is 358 g/mol. The van der Waals surface area contributed by atoms with Gasteiger partial charge in [-0.3, -0.25) is 14.5 Å². The Labute approximate surface area is 144 Å². The number of ether oxygens (including phenoxy) is 1. The van der Waals surface area contributed by atoms with E-state index in [9.17, 15) is 9.59 Å². The van der Waals surface area contributed by atoms with Crippen LogP contribution in [0, 0.1) is 0 Å². The quantitative estimate of drug-likeness (QED) is 0.441. The molecular weight excluding hydrogens is 342 g/mol. The maximum absolute atomic E-state index is 12.5. The smallest absolute Gasteiger partial charge is 0.262 e. The third-order valence-corrected chi connectivity index (χ3v) is 4.90. The number of amides is 2. The fraction of sp³-hybridized carbons (Fsp3) is 0.400. The van der Waals surface area contributed by atoms with Crippen LogP contribution in [0.15, 0.2) is 24.3 Å². The Morgan fingerprint density at radius 1 is 1.32 bits per heavy atom. The van der Waals surface area contributed by atoms with Gasteiger partial charge in [0.2, 0.25) is 4.38 Å². The summed E-state index contributed by atoms with van der Waals surface area (Å²) in [6.07, 6.45) is 1.26. The molecule has 0 N–H and O–H groups in total. The minimum Gasteiger partial charge on any atom is -0.479 e. The second kappa shape index (κ2) is 7.94. The summed E-state index contributed by atoms with van der Waals surface area (Å²) in [4.78, 5) is 26.3. The van der Waals surface area contributed by atoms with E-state index in [1.807, 2.05) is 6.92 Å². The van der Waals surface area contributed by atoms with Crippen molar-refractivity contribution in [3.05, 3.63) is 35.4 Å². The summed E-state index contributed by atoms with van der Waals surface area (Å²) < 4.78 is 5.60. The summed E-state index contributed by atoms with van der Waals surface area (Å²) in [5.74, 6) is -0.110. The summed E-state index contributed by atoms with van der Waals surface area (Å²) in [7, 11) is 0. The van der Waals surface area contributed by atoms with E-state index in [1.165, 1.54) is 16.7 Å². The third kappa shape index (κ3) is 3.62. The number of thioether (sulfide) groups is 1. The van der Waals surface area contributed by atoms with Gasteiger partial charge in [0.15, 0.2) is 0 Å². The molecule has 2 rings (SSSR count). The lowest BCUT2D eigenvalue weighted by Gasteiger charge is -2.25. The lowest BCUT2D eigenvalue weighted by Crippen LogP contribution is -2.38. The Balaban J connectivity index is 2.23. The van der Waals surface area contributed by atoms with Crippen LogP contribution in [0.1, 0.15) is 40.5 Å². The molecule has 7 heteroatoms. The van der Waals surface area contributed by atoms with Crippen LogP contribution in [0.5, 0.6) is 0 Å². The van der Waals surface area contributed by atoms with Gasteiger partial charge in [0.1, 0.15) is 0 Å². The van der Waals surface area contributed by atoms with Crippen LogP contribution < -0.4 is 0 Å². The molecule has 1 aliphatic rings. The highest BCUT2D eigenvalue weighted by atomic mass is 35.5. The first-order valence-corrected chi connectivity index (χ1v) is 8.78. The molecule has 0 radical (unpaired) electrons. The van der Waals surface area contributed by atoms with E-state index >= 15 is 0 Å². The van der Waals surface area contributed by atoms with E-state index in [1.54, 1.807) is 24.3 Å². The topological polar surface area (TPSA) is 46.6 Å². The lowest BCUT2D eigenvalue weighted by atomic mass is 10.1. The molecule has 0 bridgehead atoms. The van der Waals surface area contributed by atoms with Gasteiger partial charge in [-0.25, -0.2) is 0 Å². The first kappa shape index (κ1) is 17.2. The molecule has 1 aromatic rings. The molecule has 4 nitrogen and oxygen atoms in total. The van der Waals surface area contributed by atoms with Gasteiger partial charge < -0.3 is 4.74 Å². The van der Waals surface area contributed by atoms with Gasteiger partial charge >= 0.3 is 0 Å². The van der Waals surface area contributed by atoms with E-state index in [4.69, 9.17) is 28.6 Å². The van der Waals surface area contributed by atoms with Crippen LogP contribution in [-0.2, 0) is 4.74 Å². The van der Waals surface area contributed by atoms with Crippen LogP contribution in [0.25, 0.3) is 0 Å². The Hall–Kier alpha value is -1.11. The summed E-state index contributed by atoms with van der Waals surface area (Å²) in [6, 6.07) is 6.83. The number of hydrogen-bond donors (Lipinski definition) is 0. The summed E-state index contributed by atoms with van der Waals surface area (Å²) in [5.41, 5.74) is 0.873. The molecule has 22 heavy (non-hydrogen) atoms. The fourth-order valence-corrected chi connectivity index (χ4v) is 3.82. The number of rotatable bonds is 6. The molecule has 1 aliphatic heterocycles. The van der Waals surface area contributed by atoms with Gasteiger partial charge in [-0.2, -0.15) is 0 Å². The predicted octanol–water partition coefficient (Wildman–Crippen LogP) is 3.68. The number of carbonyl (C=O) groups excluding carboxylic acids is 2. The van der Waals surface area contributed by atoms with Gasteiger partial charge in [0, 0.05) is 5.88 Å². The van der Waals surface area contributed by atoms with Gasteiger partial charge in [0.25, 0.3) is 11.8 Å². The minimum absolute atomic E-state index is 0.285. The van der Waals surface area contributed by atoms with Crippen molar-refractivity contribution in [3.63, 3.8) is 0 Å². The number of benzene rings is 1. The van der Waals surface area contributed by atoms with Crippen molar-refractivity contribution in [2.75, 3.05) is 12.5 Å². The number of imide groups is 1. The molecule has 2 amide bonds. The first-order chi connectivity index (χ1) is 10.6. The molecule has 0 fully saturated rings. The van der Waals surface area contributed by atoms with Crippen molar-refractivity contribution >= 4 is 51.8 Å². The van der Waals surface area contributed by atoms with Gasteiger partial charge in [-0.15, -0.1) is 11.6 Å². The Morgan fingerprint density at radius 3 is 2.41 bits per heavy atom. The number of carbonyl (C=O) groups is 2. The van der Waals surface area contributed by atoms with Crippen LogP contribution in [0.4, 0.5) is 0 Å². The molecular formula is C15H16ClNO3S2. The number of alkyl halides is 1. The first-order valence-electron chi connectivity index (χ1n) is 6.96. The molecule has 1 heterocycles. The van der Waals surface area contributed by atoms with Crippen LogP contribution >= 0.6 is 35.6 Å². The Kier molecular flexibility index (Phi) is 6.23. The standard InChI is InChI=1S/C15H16ClNO3S2/c1-2-20-15(21)22-12(8-5-9-16)17-13(18)10-6-3-4-7-11(10)14(17)19/h3-4,6-7,12H,2,5,8-9H2,1H3. The van der Waals surface area contributed by atoms with E-state index in [2.05, 4.69) is 0 Å². The molecule has 1 aromatic carbocycles. The van der Waals surface area contributed by atoms with Crippen molar-refractivity contribution in [3.8, 4) is 0 Å². The van der Waals surface area contributed by atoms with E-state index in [-0.39, 0.29) is 11.8 Å². The number of halogens is 1. The lowest BCUT2D eigenvalue weighted by molar-refractivity contribution is 0.0633. The predicted molar refractivity (Wildman–Crippen MR) is 92.5 cm³/mol. The summed E-state index contributed by atoms with van der Waals surface area (Å²) in [6.45, 7) is 2.29. The molecule has 0 saturated carbocycles. The van der Waals surface area contributed by atoms with Crippen molar-refractivity contribution in [2.45, 2.75) is 25.1 Å². The molecule has 1 atom stereocenters. The summed E-state index contributed by atoms with van der Waals surface area (Å²) in [5, 5.41) is -0.398. The van der Waals surface area contributed by atoms with Crippen LogP contribution in [0.3, 0.4) is 0 Å². The normalized spacial score (nSPS) is 14.9. The molecule has 0 saturated heterocycles. The van der Waals surface area contributed by atoms with Crippen LogP contribution in [-0.4, -0.2) is 39.0 Å². The van der Waals surface area contributed by atoms with Crippen LogP contribution in [0.2, 0.25) is 0 Å². The van der Waals surface area contributed by atoms with Crippen molar-refractivity contribution in [2.24, 2.45) is 0 Å². The van der Waals surface area contributed by atoms with Gasteiger partial charge in [-0.05, 0) is 44.1 Å². The second-order valence-electron chi connectivity index (χ2n) is 4.61. The zero-order valence-electron chi connectivity index (χ0n) is 12.1. The monoisotopic (exact) mass is 357 g/mol. The van der Waals surface area contributed by atoms with E-state index < -0.39 is 5.37 Å². The number of thiocarbonyl (C=S) groups is 1. The van der Waals surface area contributed by atoms with E-state index in [0.29, 0.717) is 40.8 Å². The SMILES string of the molecule is CCOC(=S)SC(CCCCl)N1C(=O)c2ccccc2C1=O. The van der Waals surface area contributed by atoms with Crippen molar-refractivity contribution < 1.29 is 14.3 Å². The van der Waals surface area contributed by atoms with Gasteiger partial charge in [0.05, 0.1) is 23.1 Å². The highest BCUT2D eigenvalue weighted by Crippen LogP contribution is 2.31. The molecule has 0 aliphatic carbocycles. The number of fused-ring (bicyclic) bond motifs is 1. The maximum atomic E-state index is 12.5. The number of hydrogen-bond acceptors (Lipinski definition) is 5. The zero-order valence-corrected chi connectivity index (χ0v) is 14.5. The largest absolute Gasteiger partial charge is 0.479 e. The highest BCUT2D eigenvalue weighted by molar-refractivity contribution is 8.23. The fourth-order valence-electron chi connectivity index (χ4n) is 2.22. The molecule has 0 aromatic heterocycles. The molecule has 1 unspecified atom stereocenters. The Bertz CT molecular complexity index is 559. The zero-order chi connectivity index (χ0) is 16.1. The molecule has 118 valence electrons. The van der Waals surface area contributed by atoms with E-state index in [0.717, 1.165) is 0 Å². The van der Waals surface area contributed by atoms with Crippen molar-refractivity contribution in [1.29, 1.82) is 0 Å². The maximum Gasteiger partial charge on any atom is 0.262 e. The average Bonchev–Trinajstić information content (AvgIpc) is 2.76. The molecule has 0 spiro atoms. The Morgan fingerprint density at radius 2 is 1.91 bits per heavy atom. The van der Waals surface area contributed by atoms with Gasteiger partial charge in [-0.1, -0.05) is 23.9 Å². The minimum atomic E-state index is -0.398. The van der Waals surface area contributed by atoms with Crippen molar-refractivity contribution in [1.82, 2.24) is 4.90 Å². The number of nitrogens with zero attached hydrogens (tertiary/aromatic N) is 1.